The first kappa shape index (κ1) is 21.9. The van der Waals surface area contributed by atoms with E-state index >= 15 is 0 Å². The molecule has 2 aromatic carbocycles. The Morgan fingerprint density at radius 2 is 1.84 bits per heavy atom. The molecule has 1 fully saturated rings. The van der Waals surface area contributed by atoms with Crippen molar-refractivity contribution in [1.29, 1.82) is 0 Å². The molecule has 0 unspecified atom stereocenters. The number of nitrogens with two attached hydrogens (primary N) is 1. The van der Waals surface area contributed by atoms with E-state index in [1.807, 2.05) is 53.9 Å². The van der Waals surface area contributed by atoms with Gasteiger partial charge >= 0.3 is 12.2 Å². The van der Waals surface area contributed by atoms with Gasteiger partial charge < -0.3 is 15.4 Å². The highest BCUT2D eigenvalue weighted by Crippen LogP contribution is 2.33. The van der Waals surface area contributed by atoms with E-state index in [0.29, 0.717) is 23.6 Å². The number of carbonyl (C=O) groups is 2. The van der Waals surface area contributed by atoms with Gasteiger partial charge in [0.2, 0.25) is 0 Å². The predicted molar refractivity (Wildman–Crippen MR) is 129 cm³/mol. The first-order chi connectivity index (χ1) is 15.6. The lowest BCUT2D eigenvalue weighted by Gasteiger charge is -2.24. The predicted octanol–water partition coefficient (Wildman–Crippen LogP) is 5.27. The van der Waals surface area contributed by atoms with E-state index in [1.54, 1.807) is 23.5 Å². The summed E-state index contributed by atoms with van der Waals surface area (Å²) in [4.78, 5) is 30.3. The van der Waals surface area contributed by atoms with Crippen LogP contribution >= 0.6 is 11.3 Å². The van der Waals surface area contributed by atoms with Crippen molar-refractivity contribution in [2.24, 2.45) is 0 Å². The van der Waals surface area contributed by atoms with Gasteiger partial charge in [-0.1, -0.05) is 24.3 Å². The highest BCUT2D eigenvalue weighted by Gasteiger charge is 2.23. The van der Waals surface area contributed by atoms with Crippen molar-refractivity contribution < 1.29 is 14.3 Å². The van der Waals surface area contributed by atoms with Gasteiger partial charge in [0.05, 0.1) is 5.69 Å². The van der Waals surface area contributed by atoms with Gasteiger partial charge in [-0.05, 0) is 67.7 Å². The molecule has 1 aliphatic rings. The van der Waals surface area contributed by atoms with E-state index in [9.17, 15) is 9.59 Å². The lowest BCUT2D eigenvalue weighted by molar-refractivity contribution is 0.164. The third kappa shape index (κ3) is 5.46. The maximum absolute atomic E-state index is 12.9. The molecule has 0 aliphatic carbocycles. The van der Waals surface area contributed by atoms with Crippen LogP contribution in [0.4, 0.5) is 26.7 Å². The van der Waals surface area contributed by atoms with Crippen LogP contribution in [-0.4, -0.2) is 43.3 Å². The number of likely N-dealkylation sites (tertiary alicyclic amines) is 1. The molecule has 0 spiro atoms. The van der Waals surface area contributed by atoms with Gasteiger partial charge in [-0.2, -0.15) is 0 Å². The summed E-state index contributed by atoms with van der Waals surface area (Å²) in [5, 5.41) is 4.64. The average Bonchev–Trinajstić information content (AvgIpc) is 3.49. The normalized spacial score (nSPS) is 13.6. The fraction of sp³-hybridized carbons (Fsp3) is 0.250. The first-order valence-electron chi connectivity index (χ1n) is 10.6. The molecule has 7 nitrogen and oxygen atoms in total. The van der Waals surface area contributed by atoms with E-state index in [0.717, 1.165) is 30.1 Å². The maximum Gasteiger partial charge on any atom is 0.423 e. The Labute approximate surface area is 191 Å². The van der Waals surface area contributed by atoms with Gasteiger partial charge in [0, 0.05) is 34.9 Å². The number of nitrogens with one attached hydrogen (secondary N) is 1. The number of benzene rings is 2. The summed E-state index contributed by atoms with van der Waals surface area (Å²) in [6, 6.07) is 18.4. The molecule has 8 heteroatoms. The Hall–Kier alpha value is -3.36. The Morgan fingerprint density at radius 1 is 1.06 bits per heavy atom. The van der Waals surface area contributed by atoms with Crippen LogP contribution in [-0.2, 0) is 4.74 Å². The number of ether oxygens (including phenoxy) is 1. The number of carbonyl (C=O) groups excluding carboxylic acids is 2. The van der Waals surface area contributed by atoms with Crippen molar-refractivity contribution in [1.82, 2.24) is 4.90 Å². The zero-order valence-electron chi connectivity index (χ0n) is 17.7. The lowest BCUT2D eigenvalue weighted by Crippen LogP contribution is -2.39. The van der Waals surface area contributed by atoms with Gasteiger partial charge in [-0.15, -0.1) is 11.3 Å². The zero-order valence-corrected chi connectivity index (χ0v) is 18.5. The SMILES string of the molecule is Nc1ccc(-c2cccs2)c(NC(=O)OC(=O)N(CCN2CCCC2)c2ccccc2)c1. The molecule has 0 radical (unpaired) electrons. The zero-order chi connectivity index (χ0) is 22.3. The molecule has 1 aliphatic heterocycles. The minimum Gasteiger partial charge on any atom is -0.399 e. The van der Waals surface area contributed by atoms with Crippen molar-refractivity contribution in [3.8, 4) is 10.4 Å². The molecule has 0 atom stereocenters. The smallest absolute Gasteiger partial charge is 0.399 e. The Morgan fingerprint density at radius 3 is 2.56 bits per heavy atom. The summed E-state index contributed by atoms with van der Waals surface area (Å²) in [6.07, 6.45) is 0.783. The van der Waals surface area contributed by atoms with Gasteiger partial charge in [0.25, 0.3) is 0 Å². The fourth-order valence-electron chi connectivity index (χ4n) is 3.76. The van der Waals surface area contributed by atoms with Gasteiger partial charge in [0.15, 0.2) is 0 Å². The van der Waals surface area contributed by atoms with Crippen LogP contribution in [0.25, 0.3) is 10.4 Å². The topological polar surface area (TPSA) is 87.9 Å². The Bertz CT molecular complexity index is 1050. The second kappa shape index (κ2) is 10.3. The quantitative estimate of drug-likeness (QED) is 0.395. The second-order valence-corrected chi connectivity index (χ2v) is 8.55. The minimum absolute atomic E-state index is 0.439. The third-order valence-electron chi connectivity index (χ3n) is 5.37. The highest BCUT2D eigenvalue weighted by atomic mass is 32.1. The summed E-state index contributed by atoms with van der Waals surface area (Å²) >= 11 is 1.55. The molecule has 3 N–H and O–H groups in total. The number of anilines is 3. The third-order valence-corrected chi connectivity index (χ3v) is 6.28. The first-order valence-corrected chi connectivity index (χ1v) is 11.5. The number of para-hydroxylation sites is 1. The van der Waals surface area contributed by atoms with Crippen molar-refractivity contribution in [3.05, 3.63) is 66.0 Å². The Kier molecular flexibility index (Phi) is 7.03. The molecule has 3 aromatic rings. The van der Waals surface area contributed by atoms with E-state index in [4.69, 9.17) is 10.5 Å². The van der Waals surface area contributed by atoms with Crippen LogP contribution in [0.3, 0.4) is 0 Å². The molecule has 4 rings (SSSR count). The molecule has 0 bridgehead atoms. The fourth-order valence-corrected chi connectivity index (χ4v) is 4.53. The maximum atomic E-state index is 12.9. The van der Waals surface area contributed by atoms with E-state index < -0.39 is 12.2 Å². The molecule has 1 aromatic heterocycles. The molecule has 166 valence electrons. The minimum atomic E-state index is -0.847. The highest BCUT2D eigenvalue weighted by molar-refractivity contribution is 7.13. The van der Waals surface area contributed by atoms with Crippen molar-refractivity contribution >= 4 is 40.6 Å². The molecule has 2 amide bonds. The number of nitrogen functional groups attached to an aromatic ring is 1. The van der Waals surface area contributed by atoms with Crippen molar-refractivity contribution in [2.75, 3.05) is 42.1 Å². The number of amides is 2. The van der Waals surface area contributed by atoms with Gasteiger partial charge in [0.1, 0.15) is 0 Å². The van der Waals surface area contributed by atoms with E-state index in [2.05, 4.69) is 10.2 Å². The monoisotopic (exact) mass is 450 g/mol. The molecule has 32 heavy (non-hydrogen) atoms. The van der Waals surface area contributed by atoms with Crippen LogP contribution in [0.15, 0.2) is 66.0 Å². The Balaban J connectivity index is 1.46. The number of rotatable bonds is 6. The molecule has 1 saturated heterocycles. The number of thiophene rings is 1. The molecule has 2 heterocycles. The lowest BCUT2D eigenvalue weighted by atomic mass is 10.1. The summed E-state index contributed by atoms with van der Waals surface area (Å²) in [5.41, 5.74) is 8.41. The molecule has 0 saturated carbocycles. The van der Waals surface area contributed by atoms with Crippen LogP contribution < -0.4 is 16.0 Å². The summed E-state index contributed by atoms with van der Waals surface area (Å²) in [5.74, 6) is 0. The second-order valence-electron chi connectivity index (χ2n) is 7.60. The van der Waals surface area contributed by atoms with Crippen LogP contribution in [0.1, 0.15) is 12.8 Å². The van der Waals surface area contributed by atoms with E-state index in [1.165, 1.54) is 17.7 Å². The average molecular weight is 451 g/mol. The standard InChI is InChI=1S/C24H26N4O3S/c25-18-10-11-20(22-9-6-16-32-22)21(17-18)26-23(29)31-24(30)28(19-7-2-1-3-8-19)15-14-27-12-4-5-13-27/h1-3,6-11,16-17H,4-5,12-15,25H2,(H,26,29). The number of hydrogen-bond donors (Lipinski definition) is 2. The van der Waals surface area contributed by atoms with Crippen molar-refractivity contribution in [2.45, 2.75) is 12.8 Å². The van der Waals surface area contributed by atoms with Gasteiger partial charge in [-0.25, -0.2) is 9.59 Å². The summed E-state index contributed by atoms with van der Waals surface area (Å²) in [6.45, 7) is 3.22. The largest absolute Gasteiger partial charge is 0.423 e. The molecular formula is C24H26N4O3S. The molecular weight excluding hydrogens is 424 g/mol. The van der Waals surface area contributed by atoms with Crippen LogP contribution in [0, 0.1) is 0 Å². The number of hydrogen-bond acceptors (Lipinski definition) is 6. The number of nitrogens with zero attached hydrogens (tertiary/aromatic N) is 2. The van der Waals surface area contributed by atoms with Crippen molar-refractivity contribution in [3.63, 3.8) is 0 Å². The van der Waals surface area contributed by atoms with Crippen LogP contribution in [0.5, 0.6) is 0 Å². The summed E-state index contributed by atoms with van der Waals surface area (Å²) in [7, 11) is 0. The van der Waals surface area contributed by atoms with Crippen LogP contribution in [0.2, 0.25) is 0 Å². The summed E-state index contributed by atoms with van der Waals surface area (Å²) < 4.78 is 5.18. The van der Waals surface area contributed by atoms with Gasteiger partial charge in [-0.3, -0.25) is 10.2 Å². The van der Waals surface area contributed by atoms with E-state index in [-0.39, 0.29) is 0 Å².